The van der Waals surface area contributed by atoms with Crippen LogP contribution in [0.4, 0.5) is 0 Å². The van der Waals surface area contributed by atoms with Crippen molar-refractivity contribution in [2.24, 2.45) is 0 Å². The molecule has 0 aromatic carbocycles. The second-order valence-corrected chi connectivity index (χ2v) is 3.24. The topological polar surface area (TPSA) is 60.4 Å². The SMILES string of the molecule is COS(=O)(=O)CCC=O. The molecule has 0 bridgehead atoms. The molecule has 0 amide bonds. The molecule has 54 valence electrons. The summed E-state index contributed by atoms with van der Waals surface area (Å²) in [4.78, 5) is 9.65. The van der Waals surface area contributed by atoms with E-state index in [-0.39, 0.29) is 12.2 Å². The van der Waals surface area contributed by atoms with Gasteiger partial charge in [0.1, 0.15) is 6.29 Å². The number of carbonyl (C=O) groups is 1. The molecule has 0 fully saturated rings. The van der Waals surface area contributed by atoms with E-state index in [1.165, 1.54) is 0 Å². The minimum Gasteiger partial charge on any atom is -0.303 e. The van der Waals surface area contributed by atoms with Gasteiger partial charge in [-0.2, -0.15) is 8.42 Å². The smallest absolute Gasteiger partial charge is 0.267 e. The van der Waals surface area contributed by atoms with E-state index in [1.807, 2.05) is 0 Å². The summed E-state index contributed by atoms with van der Waals surface area (Å²) in [5.41, 5.74) is 0. The first-order chi connectivity index (χ1) is 4.12. The largest absolute Gasteiger partial charge is 0.303 e. The van der Waals surface area contributed by atoms with E-state index in [4.69, 9.17) is 0 Å². The molecule has 4 nitrogen and oxygen atoms in total. The third-order valence-electron chi connectivity index (χ3n) is 0.740. The molecular formula is C4H8O4S. The lowest BCUT2D eigenvalue weighted by atomic mass is 10.6. The molecule has 0 aliphatic heterocycles. The number of carbonyl (C=O) groups excluding carboxylic acids is 1. The second kappa shape index (κ2) is 3.58. The van der Waals surface area contributed by atoms with Crippen LogP contribution in [0.5, 0.6) is 0 Å². The minimum absolute atomic E-state index is 0.00380. The Kier molecular flexibility index (Phi) is 3.41. The standard InChI is InChI=1S/C4H8O4S/c1-8-9(6,7)4-2-3-5/h3H,2,4H2,1H3. The van der Waals surface area contributed by atoms with Crippen molar-refractivity contribution >= 4 is 16.4 Å². The summed E-state index contributed by atoms with van der Waals surface area (Å²) < 4.78 is 24.8. The highest BCUT2D eigenvalue weighted by Gasteiger charge is 2.05. The van der Waals surface area contributed by atoms with Crippen LogP contribution in [0, 0.1) is 0 Å². The molecular weight excluding hydrogens is 144 g/mol. The minimum atomic E-state index is -3.41. The zero-order valence-electron chi connectivity index (χ0n) is 5.03. The highest BCUT2D eigenvalue weighted by molar-refractivity contribution is 7.86. The monoisotopic (exact) mass is 152 g/mol. The van der Waals surface area contributed by atoms with Crippen LogP contribution in [0.1, 0.15) is 6.42 Å². The average molecular weight is 152 g/mol. The molecule has 0 aliphatic carbocycles. The lowest BCUT2D eigenvalue weighted by Crippen LogP contribution is -2.07. The lowest BCUT2D eigenvalue weighted by Gasteiger charge is -1.94. The Hall–Kier alpha value is -0.420. The average Bonchev–Trinajstić information content (AvgIpc) is 1.84. The van der Waals surface area contributed by atoms with Crippen molar-refractivity contribution in [1.82, 2.24) is 0 Å². The summed E-state index contributed by atoms with van der Waals surface area (Å²) in [6, 6.07) is 0. The van der Waals surface area contributed by atoms with Crippen molar-refractivity contribution < 1.29 is 17.4 Å². The first-order valence-corrected chi connectivity index (χ1v) is 3.92. The van der Waals surface area contributed by atoms with E-state index in [0.29, 0.717) is 6.29 Å². The maximum atomic E-state index is 10.4. The molecule has 0 aliphatic rings. The molecule has 0 rings (SSSR count). The van der Waals surface area contributed by atoms with Crippen molar-refractivity contribution in [3.63, 3.8) is 0 Å². The van der Waals surface area contributed by atoms with Crippen LogP contribution >= 0.6 is 0 Å². The maximum absolute atomic E-state index is 10.4. The van der Waals surface area contributed by atoms with Gasteiger partial charge in [-0.05, 0) is 0 Å². The van der Waals surface area contributed by atoms with Gasteiger partial charge in [0.05, 0.1) is 12.9 Å². The van der Waals surface area contributed by atoms with Crippen molar-refractivity contribution in [2.45, 2.75) is 6.42 Å². The number of rotatable bonds is 4. The second-order valence-electron chi connectivity index (χ2n) is 1.38. The normalized spacial score (nSPS) is 11.2. The van der Waals surface area contributed by atoms with Gasteiger partial charge < -0.3 is 4.79 Å². The summed E-state index contributed by atoms with van der Waals surface area (Å²) in [6.45, 7) is 0. The molecule has 0 atom stereocenters. The Balaban J connectivity index is 3.74. The molecule has 0 N–H and O–H groups in total. The van der Waals surface area contributed by atoms with Gasteiger partial charge in [-0.25, -0.2) is 0 Å². The van der Waals surface area contributed by atoms with Crippen LogP contribution in [0.25, 0.3) is 0 Å². The first kappa shape index (κ1) is 8.58. The molecule has 5 heteroatoms. The lowest BCUT2D eigenvalue weighted by molar-refractivity contribution is -0.107. The molecule has 0 aromatic rings. The Bertz CT molecular complexity index is 169. The van der Waals surface area contributed by atoms with E-state index in [9.17, 15) is 13.2 Å². The van der Waals surface area contributed by atoms with Crippen LogP contribution in [0.3, 0.4) is 0 Å². The number of aldehydes is 1. The fourth-order valence-electron chi connectivity index (χ4n) is 0.276. The molecule has 0 spiro atoms. The van der Waals surface area contributed by atoms with E-state index < -0.39 is 10.1 Å². The first-order valence-electron chi connectivity index (χ1n) is 2.34. The molecule has 0 saturated heterocycles. The predicted molar refractivity (Wildman–Crippen MR) is 31.5 cm³/mol. The summed E-state index contributed by atoms with van der Waals surface area (Å²) >= 11 is 0. The van der Waals surface area contributed by atoms with Crippen molar-refractivity contribution in [1.29, 1.82) is 0 Å². The van der Waals surface area contributed by atoms with Crippen molar-refractivity contribution in [3.05, 3.63) is 0 Å². The van der Waals surface area contributed by atoms with Gasteiger partial charge in [0.25, 0.3) is 10.1 Å². The molecule has 0 heterocycles. The van der Waals surface area contributed by atoms with Gasteiger partial charge in [0.15, 0.2) is 0 Å². The fraction of sp³-hybridized carbons (Fsp3) is 0.750. The van der Waals surface area contributed by atoms with Gasteiger partial charge in [0.2, 0.25) is 0 Å². The Labute approximate surface area is 53.9 Å². The molecule has 9 heavy (non-hydrogen) atoms. The molecule has 0 aromatic heterocycles. The number of hydrogen-bond acceptors (Lipinski definition) is 4. The third-order valence-corrected chi connectivity index (χ3v) is 1.98. The van der Waals surface area contributed by atoms with Gasteiger partial charge in [-0.3, -0.25) is 4.18 Å². The van der Waals surface area contributed by atoms with Crippen LogP contribution in [0.2, 0.25) is 0 Å². The Morgan fingerprint density at radius 2 is 2.11 bits per heavy atom. The summed E-state index contributed by atoms with van der Waals surface area (Å²) in [5.74, 6) is -0.229. The van der Waals surface area contributed by atoms with Gasteiger partial charge in [-0.15, -0.1) is 0 Å². The highest BCUT2D eigenvalue weighted by Crippen LogP contribution is 1.90. The molecule has 0 saturated carbocycles. The van der Waals surface area contributed by atoms with E-state index in [0.717, 1.165) is 7.11 Å². The summed E-state index contributed by atoms with van der Waals surface area (Å²) in [6.07, 6.45) is 0.534. The quantitative estimate of drug-likeness (QED) is 0.404. The number of hydrogen-bond donors (Lipinski definition) is 0. The maximum Gasteiger partial charge on any atom is 0.267 e. The van der Waals surface area contributed by atoms with Crippen LogP contribution in [-0.4, -0.2) is 27.6 Å². The van der Waals surface area contributed by atoms with Crippen LogP contribution in [0.15, 0.2) is 0 Å². The van der Waals surface area contributed by atoms with Crippen LogP contribution < -0.4 is 0 Å². The predicted octanol–water partition coefficient (Wildman–Crippen LogP) is -0.448. The van der Waals surface area contributed by atoms with Gasteiger partial charge >= 0.3 is 0 Å². The summed E-state index contributed by atoms with van der Waals surface area (Å²) in [7, 11) is -2.34. The van der Waals surface area contributed by atoms with E-state index in [1.54, 1.807) is 0 Å². The van der Waals surface area contributed by atoms with E-state index >= 15 is 0 Å². The van der Waals surface area contributed by atoms with Crippen molar-refractivity contribution in [2.75, 3.05) is 12.9 Å². The van der Waals surface area contributed by atoms with Crippen LogP contribution in [-0.2, 0) is 19.1 Å². The molecule has 0 unspecified atom stereocenters. The summed E-state index contributed by atoms with van der Waals surface area (Å²) in [5, 5.41) is 0. The third kappa shape index (κ3) is 4.11. The zero-order valence-corrected chi connectivity index (χ0v) is 5.85. The fourth-order valence-corrected chi connectivity index (χ4v) is 0.827. The van der Waals surface area contributed by atoms with Gasteiger partial charge in [-0.1, -0.05) is 0 Å². The Morgan fingerprint density at radius 1 is 1.56 bits per heavy atom. The van der Waals surface area contributed by atoms with E-state index in [2.05, 4.69) is 4.18 Å². The Morgan fingerprint density at radius 3 is 2.44 bits per heavy atom. The highest BCUT2D eigenvalue weighted by atomic mass is 32.2. The van der Waals surface area contributed by atoms with Gasteiger partial charge in [0, 0.05) is 6.42 Å². The molecule has 0 radical (unpaired) electrons. The zero-order chi connectivity index (χ0) is 7.33. The van der Waals surface area contributed by atoms with Crippen molar-refractivity contribution in [3.8, 4) is 0 Å².